The van der Waals surface area contributed by atoms with Gasteiger partial charge in [-0.25, -0.2) is 0 Å². The van der Waals surface area contributed by atoms with Crippen molar-refractivity contribution in [2.24, 2.45) is 0 Å². The molecule has 9 heavy (non-hydrogen) atoms. The molecule has 0 fully saturated rings. The molecule has 0 aliphatic rings. The normalized spacial score (nSPS) is 9.89. The Morgan fingerprint density at radius 2 is 2.22 bits per heavy atom. The van der Waals surface area contributed by atoms with Gasteiger partial charge in [0, 0.05) is 0 Å². The third-order valence-corrected chi connectivity index (χ3v) is 1.25. The van der Waals surface area contributed by atoms with E-state index in [0.29, 0.717) is 0 Å². The van der Waals surface area contributed by atoms with E-state index in [9.17, 15) is 12.9 Å². The van der Waals surface area contributed by atoms with Crippen LogP contribution < -0.4 is 0 Å². The molecule has 0 N–H and O–H groups in total. The zero-order valence-electron chi connectivity index (χ0n) is 6.71. The topological polar surface area (TPSA) is 43.4 Å². The molecule has 6 heteroatoms. The molecular weight excluding hydrogens is 159 g/mol. The smallest absolute Gasteiger partial charge is 1.00 e. The van der Waals surface area contributed by atoms with Crippen LogP contribution >= 0.6 is 0 Å². The van der Waals surface area contributed by atoms with Crippen LogP contribution in [0.2, 0.25) is 0 Å². The second kappa shape index (κ2) is 5.16. The predicted octanol–water partition coefficient (Wildman–Crippen LogP) is 0.248. The van der Waals surface area contributed by atoms with Gasteiger partial charge in [0.2, 0.25) is 0 Å². The minimum atomic E-state index is -3.95. The summed E-state index contributed by atoms with van der Waals surface area (Å²) in [4.78, 5) is 0. The van der Waals surface area contributed by atoms with Crippen molar-refractivity contribution < 1.29 is 20.2 Å². The molecule has 0 aliphatic carbocycles. The standard InChI is InChI=1S/C3H5FO3S.Mg.2H/c1-2-3-8(5,6)7-4;;;/h2H,1,3H2;;;/q;+2;2*-1. The number of hydrogen-bond acceptors (Lipinski definition) is 3. The fourth-order valence-corrected chi connectivity index (χ4v) is 0.510. The molecule has 0 aromatic heterocycles. The Bertz CT molecular complexity index is 171. The van der Waals surface area contributed by atoms with Crippen LogP contribution in [0.25, 0.3) is 0 Å². The van der Waals surface area contributed by atoms with Crippen molar-refractivity contribution in [2.75, 3.05) is 5.75 Å². The first-order valence-corrected chi connectivity index (χ1v) is 3.34. The van der Waals surface area contributed by atoms with Gasteiger partial charge in [-0.1, -0.05) is 10.5 Å². The summed E-state index contributed by atoms with van der Waals surface area (Å²) in [6.45, 7) is 3.07. The Labute approximate surface area is 72.0 Å². The van der Waals surface area contributed by atoms with Crippen molar-refractivity contribution in [3.8, 4) is 0 Å². The number of halogens is 1. The van der Waals surface area contributed by atoms with E-state index >= 15 is 0 Å². The zero-order chi connectivity index (χ0) is 6.62. The van der Waals surface area contributed by atoms with Gasteiger partial charge >= 0.3 is 33.2 Å². The van der Waals surface area contributed by atoms with Gasteiger partial charge in [0.25, 0.3) is 0 Å². The van der Waals surface area contributed by atoms with Crippen molar-refractivity contribution in [2.45, 2.75) is 0 Å². The molecule has 3 nitrogen and oxygen atoms in total. The molecule has 0 aliphatic heterocycles. The van der Waals surface area contributed by atoms with Gasteiger partial charge in [-0.05, 0) is 4.53 Å². The largest absolute Gasteiger partial charge is 2.00 e. The summed E-state index contributed by atoms with van der Waals surface area (Å²) in [5.74, 6) is -0.497. The van der Waals surface area contributed by atoms with Crippen molar-refractivity contribution in [1.82, 2.24) is 0 Å². The Kier molecular flexibility index (Phi) is 6.91. The summed E-state index contributed by atoms with van der Waals surface area (Å²) >= 11 is 0. The third kappa shape index (κ3) is 6.23. The van der Waals surface area contributed by atoms with E-state index in [1.807, 2.05) is 0 Å². The molecule has 0 rings (SSSR count). The summed E-state index contributed by atoms with van der Waals surface area (Å²) in [5, 5.41) is 0. The maximum Gasteiger partial charge on any atom is 2.00 e. The third-order valence-electron chi connectivity index (χ3n) is 0.418. The van der Waals surface area contributed by atoms with Crippen molar-refractivity contribution in [1.29, 1.82) is 0 Å². The van der Waals surface area contributed by atoms with E-state index in [-0.39, 0.29) is 25.9 Å². The Morgan fingerprint density at radius 1 is 1.78 bits per heavy atom. The maximum atomic E-state index is 10.8. The second-order valence-corrected chi connectivity index (χ2v) is 2.65. The van der Waals surface area contributed by atoms with Crippen LogP contribution in [0.4, 0.5) is 4.53 Å². The molecule has 0 radical (unpaired) electrons. The van der Waals surface area contributed by atoms with Gasteiger partial charge in [0.1, 0.15) is 0 Å². The summed E-state index contributed by atoms with van der Waals surface area (Å²) in [6.07, 6.45) is 1.04. The minimum absolute atomic E-state index is 0. The van der Waals surface area contributed by atoms with Crippen LogP contribution in [0.15, 0.2) is 12.7 Å². The average molecular weight is 166 g/mol. The van der Waals surface area contributed by atoms with Crippen LogP contribution in [0.5, 0.6) is 0 Å². The molecule has 0 unspecified atom stereocenters. The molecule has 0 amide bonds. The summed E-state index contributed by atoms with van der Waals surface area (Å²) < 4.78 is 33.3. The molecule has 0 spiro atoms. The van der Waals surface area contributed by atoms with Gasteiger partial charge in [0.05, 0.1) is 5.75 Å². The Morgan fingerprint density at radius 3 is 2.33 bits per heavy atom. The maximum absolute atomic E-state index is 10.8. The van der Waals surface area contributed by atoms with Crippen LogP contribution in [-0.4, -0.2) is 37.2 Å². The van der Waals surface area contributed by atoms with Crippen molar-refractivity contribution >= 4 is 33.2 Å². The Hall–Kier alpha value is 0.346. The SMILES string of the molecule is C=CCS(=O)(=O)OF.[H-].[H-].[Mg+2]. The molecule has 0 aromatic carbocycles. The van der Waals surface area contributed by atoms with Gasteiger partial charge in [-0.3, -0.25) is 0 Å². The molecule has 52 valence electrons. The van der Waals surface area contributed by atoms with Gasteiger partial charge in [0.15, 0.2) is 0 Å². The molecule has 0 aromatic rings. The van der Waals surface area contributed by atoms with E-state index in [2.05, 4.69) is 11.0 Å². The van der Waals surface area contributed by atoms with E-state index in [0.717, 1.165) is 6.08 Å². The van der Waals surface area contributed by atoms with E-state index in [1.165, 1.54) is 0 Å². The average Bonchev–Trinajstić information content (AvgIpc) is 1.67. The molecule has 0 saturated carbocycles. The summed E-state index contributed by atoms with van der Waals surface area (Å²) in [6, 6.07) is 0. The number of rotatable bonds is 3. The first-order chi connectivity index (χ1) is 3.62. The van der Waals surface area contributed by atoms with Crippen LogP contribution in [0, 0.1) is 0 Å². The van der Waals surface area contributed by atoms with Crippen LogP contribution in [0.1, 0.15) is 2.85 Å². The number of hydrogen-bond donors (Lipinski definition) is 0. The Balaban J connectivity index is -0.0000000817. The van der Waals surface area contributed by atoms with Crippen molar-refractivity contribution in [3.63, 3.8) is 0 Å². The molecule has 0 heterocycles. The van der Waals surface area contributed by atoms with E-state index < -0.39 is 15.9 Å². The second-order valence-electron chi connectivity index (χ2n) is 1.08. The first kappa shape index (κ1) is 12.1. The molecule has 0 atom stereocenters. The molecular formula is C3H7FMgO3S. The van der Waals surface area contributed by atoms with Gasteiger partial charge < -0.3 is 2.85 Å². The summed E-state index contributed by atoms with van der Waals surface area (Å²) in [5.41, 5.74) is 0. The zero-order valence-corrected chi connectivity index (χ0v) is 6.94. The van der Waals surface area contributed by atoms with E-state index in [1.54, 1.807) is 0 Å². The van der Waals surface area contributed by atoms with E-state index in [4.69, 9.17) is 0 Å². The minimum Gasteiger partial charge on any atom is -1.00 e. The summed E-state index contributed by atoms with van der Waals surface area (Å²) in [7, 11) is -3.95. The van der Waals surface area contributed by atoms with Crippen LogP contribution in [-0.2, 0) is 14.5 Å². The van der Waals surface area contributed by atoms with Gasteiger partial charge in [-0.2, -0.15) is 8.42 Å². The van der Waals surface area contributed by atoms with Crippen molar-refractivity contribution in [3.05, 3.63) is 12.7 Å². The fraction of sp³-hybridized carbons (Fsp3) is 0.333. The predicted molar refractivity (Wildman–Crippen MR) is 34.2 cm³/mol. The fourth-order valence-electron chi connectivity index (χ4n) is 0.170. The monoisotopic (exact) mass is 166 g/mol. The molecule has 0 saturated heterocycles. The quantitative estimate of drug-likeness (QED) is 0.446. The van der Waals surface area contributed by atoms with Crippen LogP contribution in [0.3, 0.4) is 0 Å². The molecule has 0 bridgehead atoms. The van der Waals surface area contributed by atoms with Gasteiger partial charge in [-0.15, -0.1) is 6.58 Å². The first-order valence-electron chi connectivity index (χ1n) is 1.76.